The average Bonchev–Trinajstić information content (AvgIpc) is 2.79. The zero-order valence-corrected chi connectivity index (χ0v) is 19.4. The van der Waals surface area contributed by atoms with Gasteiger partial charge in [0.15, 0.2) is 0 Å². The van der Waals surface area contributed by atoms with Crippen molar-refractivity contribution in [3.8, 4) is 5.75 Å². The summed E-state index contributed by atoms with van der Waals surface area (Å²) in [5.41, 5.74) is 1.15. The first-order valence-corrected chi connectivity index (χ1v) is 12.7. The van der Waals surface area contributed by atoms with Crippen molar-refractivity contribution in [3.63, 3.8) is 0 Å². The van der Waals surface area contributed by atoms with Crippen LogP contribution in [0.3, 0.4) is 0 Å². The molecule has 1 fully saturated rings. The number of hydrogen-bond donors (Lipinski definition) is 1. The molecule has 0 saturated carbocycles. The minimum Gasteiger partial charge on any atom is -0.496 e. The van der Waals surface area contributed by atoms with E-state index in [-0.39, 0.29) is 29.6 Å². The Hall–Kier alpha value is -1.78. The highest BCUT2D eigenvalue weighted by Gasteiger charge is 2.29. The first-order chi connectivity index (χ1) is 14.9. The Morgan fingerprint density at radius 2 is 2.00 bits per heavy atom. The van der Waals surface area contributed by atoms with Gasteiger partial charge in [-0.05, 0) is 48.4 Å². The molecule has 0 spiro atoms. The molecule has 31 heavy (non-hydrogen) atoms. The quantitative estimate of drug-likeness (QED) is 0.703. The van der Waals surface area contributed by atoms with E-state index in [1.807, 2.05) is 18.2 Å². The van der Waals surface area contributed by atoms with Gasteiger partial charge in [0.1, 0.15) is 5.75 Å². The first-order valence-electron chi connectivity index (χ1n) is 9.89. The number of benzene rings is 2. The smallest absolute Gasteiger partial charge is 0.255 e. The topological polar surface area (TPSA) is 84.9 Å². The van der Waals surface area contributed by atoms with Crippen LogP contribution in [0.5, 0.6) is 5.75 Å². The molecule has 2 aromatic carbocycles. The van der Waals surface area contributed by atoms with Gasteiger partial charge in [-0.2, -0.15) is 4.31 Å². The van der Waals surface area contributed by atoms with Gasteiger partial charge in [-0.25, -0.2) is 8.42 Å². The number of halogens is 1. The highest BCUT2D eigenvalue weighted by molar-refractivity contribution is 7.99. The summed E-state index contributed by atoms with van der Waals surface area (Å²) in [7, 11) is -2.28. The summed E-state index contributed by atoms with van der Waals surface area (Å²) in [5, 5.41) is 3.64. The van der Waals surface area contributed by atoms with Crippen molar-refractivity contribution < 1.29 is 22.7 Å². The van der Waals surface area contributed by atoms with Gasteiger partial charge in [-0.1, -0.05) is 11.6 Å². The van der Waals surface area contributed by atoms with Crippen LogP contribution in [0, 0.1) is 0 Å². The number of nitrogens with one attached hydrogen (secondary N) is 1. The number of sulfonamides is 1. The van der Waals surface area contributed by atoms with E-state index < -0.39 is 15.9 Å². The van der Waals surface area contributed by atoms with Gasteiger partial charge < -0.3 is 14.8 Å². The van der Waals surface area contributed by atoms with Crippen LogP contribution in [0.25, 0.3) is 0 Å². The largest absolute Gasteiger partial charge is 0.496 e. The standard InChI is InChI=1S/C21H23ClN2O5S2/c1-28-19-4-3-15(31(26,27)24-7-9-29-10-8-24)13-17(19)21(25)23-18-6-11-30-20-5-2-14(22)12-16(18)20/h2-5,12-13,18H,6-11H2,1H3,(H,23,25). The molecule has 4 rings (SSSR count). The number of carbonyl (C=O) groups excluding carboxylic acids is 1. The third-order valence-corrected chi connectivity index (χ3v) is 8.59. The van der Waals surface area contributed by atoms with Gasteiger partial charge in [0, 0.05) is 28.8 Å². The molecule has 0 radical (unpaired) electrons. The third-order valence-electron chi connectivity index (χ3n) is 5.34. The number of nitrogens with zero attached hydrogens (tertiary/aromatic N) is 1. The number of hydrogen-bond acceptors (Lipinski definition) is 6. The molecule has 166 valence electrons. The van der Waals surface area contributed by atoms with Crippen molar-refractivity contribution in [1.29, 1.82) is 0 Å². The fourth-order valence-corrected chi connectivity index (χ4v) is 6.43. The first kappa shape index (κ1) is 22.4. The fourth-order valence-electron chi connectivity index (χ4n) is 3.71. The highest BCUT2D eigenvalue weighted by atomic mass is 35.5. The number of ether oxygens (including phenoxy) is 2. The van der Waals surface area contributed by atoms with Crippen molar-refractivity contribution in [3.05, 3.63) is 52.5 Å². The van der Waals surface area contributed by atoms with E-state index in [1.54, 1.807) is 11.8 Å². The summed E-state index contributed by atoms with van der Waals surface area (Å²) in [6.45, 7) is 1.27. The number of fused-ring (bicyclic) bond motifs is 1. The van der Waals surface area contributed by atoms with Gasteiger partial charge in [0.05, 0.1) is 36.8 Å². The van der Waals surface area contributed by atoms with E-state index in [2.05, 4.69) is 5.32 Å². The lowest BCUT2D eigenvalue weighted by atomic mass is 10.0. The summed E-state index contributed by atoms with van der Waals surface area (Å²) in [6.07, 6.45) is 0.748. The van der Waals surface area contributed by atoms with Crippen LogP contribution < -0.4 is 10.1 Å². The molecule has 2 aliphatic heterocycles. The van der Waals surface area contributed by atoms with Crippen molar-refractivity contribution >= 4 is 39.3 Å². The molecule has 2 aromatic rings. The maximum absolute atomic E-state index is 13.2. The molecule has 0 bridgehead atoms. The molecule has 10 heteroatoms. The van der Waals surface area contributed by atoms with Crippen LogP contribution in [0.2, 0.25) is 5.02 Å². The van der Waals surface area contributed by atoms with Crippen molar-refractivity contribution in [2.45, 2.75) is 22.3 Å². The van der Waals surface area contributed by atoms with E-state index >= 15 is 0 Å². The van der Waals surface area contributed by atoms with Gasteiger partial charge in [-0.3, -0.25) is 4.79 Å². The van der Waals surface area contributed by atoms with Crippen LogP contribution in [-0.2, 0) is 14.8 Å². The molecule has 1 atom stereocenters. The van der Waals surface area contributed by atoms with E-state index in [4.69, 9.17) is 21.1 Å². The lowest BCUT2D eigenvalue weighted by Crippen LogP contribution is -2.40. The highest BCUT2D eigenvalue weighted by Crippen LogP contribution is 2.38. The molecular formula is C21H23ClN2O5S2. The Kier molecular flexibility index (Phi) is 6.78. The van der Waals surface area contributed by atoms with Gasteiger partial charge in [-0.15, -0.1) is 11.8 Å². The van der Waals surface area contributed by atoms with Gasteiger partial charge >= 0.3 is 0 Å². The zero-order chi connectivity index (χ0) is 22.0. The molecule has 0 aliphatic carbocycles. The summed E-state index contributed by atoms with van der Waals surface area (Å²) in [4.78, 5) is 14.3. The second-order valence-corrected chi connectivity index (χ2v) is 10.7. The normalized spacial score (nSPS) is 19.5. The van der Waals surface area contributed by atoms with Crippen LogP contribution >= 0.6 is 23.4 Å². The Morgan fingerprint density at radius 3 is 2.74 bits per heavy atom. The van der Waals surface area contributed by atoms with E-state index in [9.17, 15) is 13.2 Å². The van der Waals surface area contributed by atoms with Crippen LogP contribution in [0.15, 0.2) is 46.2 Å². The average molecular weight is 483 g/mol. The number of rotatable bonds is 5. The predicted octanol–water partition coefficient (Wildman–Crippen LogP) is 3.34. The fraction of sp³-hybridized carbons (Fsp3) is 0.381. The molecule has 1 unspecified atom stereocenters. The zero-order valence-electron chi connectivity index (χ0n) is 17.0. The summed E-state index contributed by atoms with van der Waals surface area (Å²) in [5.74, 6) is 0.788. The minimum absolute atomic E-state index is 0.0583. The van der Waals surface area contributed by atoms with Gasteiger partial charge in [0.2, 0.25) is 10.0 Å². The lowest BCUT2D eigenvalue weighted by Gasteiger charge is -2.27. The molecule has 2 heterocycles. The maximum atomic E-state index is 13.2. The number of morpholine rings is 1. The number of amides is 1. The van der Waals surface area contributed by atoms with E-state index in [0.29, 0.717) is 24.0 Å². The van der Waals surface area contributed by atoms with Crippen LogP contribution in [0.4, 0.5) is 0 Å². The lowest BCUT2D eigenvalue weighted by molar-refractivity contribution is 0.0730. The second-order valence-electron chi connectivity index (χ2n) is 7.22. The van der Waals surface area contributed by atoms with Crippen molar-refractivity contribution in [1.82, 2.24) is 9.62 Å². The van der Waals surface area contributed by atoms with Crippen LogP contribution in [-0.4, -0.2) is 57.8 Å². The van der Waals surface area contributed by atoms with Crippen molar-refractivity contribution in [2.24, 2.45) is 0 Å². The Bertz CT molecular complexity index is 1090. The maximum Gasteiger partial charge on any atom is 0.255 e. The summed E-state index contributed by atoms with van der Waals surface area (Å²) in [6, 6.07) is 9.81. The molecule has 1 amide bonds. The Balaban J connectivity index is 1.63. The van der Waals surface area contributed by atoms with E-state index in [0.717, 1.165) is 22.6 Å². The summed E-state index contributed by atoms with van der Waals surface area (Å²) >= 11 is 7.89. The molecule has 2 aliphatic rings. The monoisotopic (exact) mass is 482 g/mol. The molecule has 1 N–H and O–H groups in total. The molecule has 0 aromatic heterocycles. The number of methoxy groups -OCH3 is 1. The van der Waals surface area contributed by atoms with Gasteiger partial charge in [0.25, 0.3) is 5.91 Å². The third kappa shape index (κ3) is 4.70. The van der Waals surface area contributed by atoms with Crippen LogP contribution in [0.1, 0.15) is 28.4 Å². The summed E-state index contributed by atoms with van der Waals surface area (Å²) < 4.78 is 38.0. The number of carbonyl (C=O) groups is 1. The SMILES string of the molecule is COc1ccc(S(=O)(=O)N2CCOCC2)cc1C(=O)NC1CCSc2ccc(Cl)cc21. The number of thioether (sulfide) groups is 1. The molecule has 1 saturated heterocycles. The molecular weight excluding hydrogens is 460 g/mol. The van der Waals surface area contributed by atoms with E-state index in [1.165, 1.54) is 29.6 Å². The predicted molar refractivity (Wildman–Crippen MR) is 120 cm³/mol. The second kappa shape index (κ2) is 9.38. The van der Waals surface area contributed by atoms with Crippen molar-refractivity contribution in [2.75, 3.05) is 39.2 Å². The Morgan fingerprint density at radius 1 is 1.23 bits per heavy atom. The molecule has 7 nitrogen and oxygen atoms in total. The Labute approximate surface area is 191 Å². The minimum atomic E-state index is -3.73.